The number of benzene rings is 1. The highest BCUT2D eigenvalue weighted by Crippen LogP contribution is 2.26. The monoisotopic (exact) mass is 356 g/mol. The lowest BCUT2D eigenvalue weighted by molar-refractivity contribution is 0.736. The first kappa shape index (κ1) is 17.4. The molecule has 0 saturated carbocycles. The summed E-state index contributed by atoms with van der Waals surface area (Å²) in [6.45, 7) is 6.04. The van der Waals surface area contributed by atoms with Crippen molar-refractivity contribution >= 4 is 34.5 Å². The van der Waals surface area contributed by atoms with E-state index in [9.17, 15) is 0 Å². The molecule has 25 heavy (non-hydrogen) atoms. The van der Waals surface area contributed by atoms with Crippen LogP contribution >= 0.6 is 11.6 Å². The average Bonchev–Trinajstić information content (AvgIpc) is 2.61. The van der Waals surface area contributed by atoms with Gasteiger partial charge in [-0.1, -0.05) is 37.6 Å². The molecule has 0 amide bonds. The van der Waals surface area contributed by atoms with Crippen molar-refractivity contribution in [2.24, 2.45) is 0 Å². The molecule has 2 N–H and O–H groups in total. The van der Waals surface area contributed by atoms with Crippen LogP contribution in [-0.2, 0) is 0 Å². The number of anilines is 2. The van der Waals surface area contributed by atoms with Gasteiger partial charge in [-0.15, -0.1) is 0 Å². The minimum absolute atomic E-state index is 0.216. The summed E-state index contributed by atoms with van der Waals surface area (Å²) in [5.74, 6) is 0.961. The molecule has 2 aromatic heterocycles. The van der Waals surface area contributed by atoms with Crippen molar-refractivity contribution in [3.05, 3.63) is 35.5 Å². The zero-order chi connectivity index (χ0) is 17.8. The Hall–Kier alpha value is -2.47. The van der Waals surface area contributed by atoms with Crippen molar-refractivity contribution in [3.63, 3.8) is 0 Å². The van der Waals surface area contributed by atoms with Crippen LogP contribution in [0.1, 0.15) is 26.7 Å². The van der Waals surface area contributed by atoms with Crippen molar-refractivity contribution in [3.8, 4) is 11.3 Å². The fourth-order valence-electron chi connectivity index (χ4n) is 2.75. The summed E-state index contributed by atoms with van der Waals surface area (Å²) in [7, 11) is 0. The molecule has 0 unspecified atom stereocenters. The molecule has 0 aliphatic rings. The maximum absolute atomic E-state index is 5.97. The lowest BCUT2D eigenvalue weighted by Gasteiger charge is -2.23. The molecule has 0 atom stereocenters. The predicted molar refractivity (Wildman–Crippen MR) is 103 cm³/mol. The lowest BCUT2D eigenvalue weighted by atomic mass is 10.1. The third-order valence-electron chi connectivity index (χ3n) is 3.83. The third kappa shape index (κ3) is 3.79. The predicted octanol–water partition coefficient (Wildman–Crippen LogP) is 3.95. The lowest BCUT2D eigenvalue weighted by Crippen LogP contribution is -2.27. The number of rotatable bonds is 6. The van der Waals surface area contributed by atoms with Crippen molar-refractivity contribution in [2.45, 2.75) is 26.7 Å². The van der Waals surface area contributed by atoms with Crippen molar-refractivity contribution in [2.75, 3.05) is 23.7 Å². The number of fused-ring (bicyclic) bond motifs is 1. The Morgan fingerprint density at radius 3 is 2.32 bits per heavy atom. The molecule has 6 nitrogen and oxygen atoms in total. The minimum atomic E-state index is 0.216. The highest BCUT2D eigenvalue weighted by Gasteiger charge is 2.16. The molecule has 0 saturated heterocycles. The Morgan fingerprint density at radius 1 is 1.00 bits per heavy atom. The van der Waals surface area contributed by atoms with Crippen LogP contribution in [0.25, 0.3) is 22.4 Å². The molecule has 0 bridgehead atoms. The fourth-order valence-corrected chi connectivity index (χ4v) is 2.88. The first-order valence-corrected chi connectivity index (χ1v) is 8.81. The van der Waals surface area contributed by atoms with Crippen LogP contribution in [0.15, 0.2) is 30.5 Å². The van der Waals surface area contributed by atoms with E-state index in [1.165, 1.54) is 0 Å². The molecule has 0 spiro atoms. The zero-order valence-corrected chi connectivity index (χ0v) is 15.2. The Bertz CT molecular complexity index is 859. The molecular formula is C18H21ClN6. The second kappa shape index (κ2) is 7.61. The SMILES string of the molecule is CCCN(CCC)c1nc(N)nc2ncc(-c3ccc(Cl)cc3)nc12. The van der Waals surface area contributed by atoms with Crippen molar-refractivity contribution in [1.29, 1.82) is 0 Å². The number of aromatic nitrogens is 4. The van der Waals surface area contributed by atoms with Crippen LogP contribution in [0.5, 0.6) is 0 Å². The summed E-state index contributed by atoms with van der Waals surface area (Å²) >= 11 is 5.97. The number of hydrogen-bond donors (Lipinski definition) is 1. The van der Waals surface area contributed by atoms with Gasteiger partial charge in [0.25, 0.3) is 0 Å². The van der Waals surface area contributed by atoms with E-state index in [-0.39, 0.29) is 5.95 Å². The fraction of sp³-hybridized carbons (Fsp3) is 0.333. The van der Waals surface area contributed by atoms with Gasteiger partial charge < -0.3 is 10.6 Å². The van der Waals surface area contributed by atoms with Gasteiger partial charge in [0.2, 0.25) is 5.95 Å². The van der Waals surface area contributed by atoms with Crippen LogP contribution in [0, 0.1) is 0 Å². The van der Waals surface area contributed by atoms with E-state index in [0.29, 0.717) is 16.2 Å². The summed E-state index contributed by atoms with van der Waals surface area (Å²) in [5.41, 5.74) is 8.77. The van der Waals surface area contributed by atoms with Gasteiger partial charge in [-0.2, -0.15) is 9.97 Å². The average molecular weight is 357 g/mol. The number of nitrogens with zero attached hydrogens (tertiary/aromatic N) is 5. The Balaban J connectivity index is 2.14. The molecule has 3 aromatic rings. The molecule has 1 aromatic carbocycles. The topological polar surface area (TPSA) is 80.8 Å². The van der Waals surface area contributed by atoms with Crippen LogP contribution in [0.4, 0.5) is 11.8 Å². The van der Waals surface area contributed by atoms with Crippen molar-refractivity contribution in [1.82, 2.24) is 19.9 Å². The van der Waals surface area contributed by atoms with Gasteiger partial charge >= 0.3 is 0 Å². The van der Waals surface area contributed by atoms with E-state index in [1.54, 1.807) is 6.20 Å². The van der Waals surface area contributed by atoms with Gasteiger partial charge in [-0.05, 0) is 25.0 Å². The van der Waals surface area contributed by atoms with E-state index >= 15 is 0 Å². The number of nitrogens with two attached hydrogens (primary N) is 1. The molecule has 0 fully saturated rings. The number of hydrogen-bond acceptors (Lipinski definition) is 6. The summed E-state index contributed by atoms with van der Waals surface area (Å²) < 4.78 is 0. The van der Waals surface area contributed by atoms with Gasteiger partial charge in [-0.25, -0.2) is 9.97 Å². The second-order valence-corrected chi connectivity index (χ2v) is 6.26. The summed E-state index contributed by atoms with van der Waals surface area (Å²) in [6, 6.07) is 7.52. The number of nitrogen functional groups attached to an aromatic ring is 1. The normalized spacial score (nSPS) is 11.0. The van der Waals surface area contributed by atoms with E-state index in [1.807, 2.05) is 24.3 Å². The van der Waals surface area contributed by atoms with E-state index in [0.717, 1.165) is 43.0 Å². The molecule has 0 radical (unpaired) electrons. The van der Waals surface area contributed by atoms with Crippen LogP contribution in [0.3, 0.4) is 0 Å². The van der Waals surface area contributed by atoms with Gasteiger partial charge in [-0.3, -0.25) is 0 Å². The molecule has 0 aliphatic heterocycles. The second-order valence-electron chi connectivity index (χ2n) is 5.83. The van der Waals surface area contributed by atoms with Gasteiger partial charge in [0.05, 0.1) is 11.9 Å². The minimum Gasteiger partial charge on any atom is -0.368 e. The van der Waals surface area contributed by atoms with Gasteiger partial charge in [0.15, 0.2) is 17.0 Å². The Labute approximate surface area is 152 Å². The smallest absolute Gasteiger partial charge is 0.224 e. The molecule has 7 heteroatoms. The summed E-state index contributed by atoms with van der Waals surface area (Å²) in [5, 5.41) is 0.686. The zero-order valence-electron chi connectivity index (χ0n) is 14.4. The van der Waals surface area contributed by atoms with E-state index in [4.69, 9.17) is 22.3 Å². The highest BCUT2D eigenvalue weighted by atomic mass is 35.5. The first-order valence-electron chi connectivity index (χ1n) is 8.43. The first-order chi connectivity index (χ1) is 12.1. The van der Waals surface area contributed by atoms with Crippen molar-refractivity contribution < 1.29 is 0 Å². The molecule has 0 aliphatic carbocycles. The van der Waals surface area contributed by atoms with Gasteiger partial charge in [0, 0.05) is 23.7 Å². The molecule has 130 valence electrons. The summed E-state index contributed by atoms with van der Waals surface area (Å²) in [4.78, 5) is 20.1. The molecular weight excluding hydrogens is 336 g/mol. The Morgan fingerprint density at radius 2 is 1.68 bits per heavy atom. The Kier molecular flexibility index (Phi) is 5.28. The quantitative estimate of drug-likeness (QED) is 0.720. The molecule has 3 rings (SSSR count). The van der Waals surface area contributed by atoms with Crippen LogP contribution in [-0.4, -0.2) is 33.0 Å². The van der Waals surface area contributed by atoms with E-state index in [2.05, 4.69) is 33.7 Å². The largest absolute Gasteiger partial charge is 0.368 e. The van der Waals surface area contributed by atoms with E-state index < -0.39 is 0 Å². The third-order valence-corrected chi connectivity index (χ3v) is 4.08. The highest BCUT2D eigenvalue weighted by molar-refractivity contribution is 6.30. The van der Waals surface area contributed by atoms with Gasteiger partial charge in [0.1, 0.15) is 0 Å². The number of halogens is 1. The maximum Gasteiger partial charge on any atom is 0.224 e. The standard InChI is InChI=1S/C18H21ClN6/c1-3-9-25(10-4-2)17-15-16(23-18(20)24-17)21-11-14(22-15)12-5-7-13(19)8-6-12/h5-8,11H,3-4,9-10H2,1-2H3,(H2,20,21,23,24). The van der Waals surface area contributed by atoms with Crippen LogP contribution in [0.2, 0.25) is 5.02 Å². The molecule has 2 heterocycles. The summed E-state index contributed by atoms with van der Waals surface area (Å²) in [6.07, 6.45) is 3.72. The maximum atomic E-state index is 5.97. The van der Waals surface area contributed by atoms with Crippen LogP contribution < -0.4 is 10.6 Å².